The first-order valence-electron chi connectivity index (χ1n) is 9.09. The van der Waals surface area contributed by atoms with Crippen molar-refractivity contribution in [1.82, 2.24) is 19.8 Å². The first-order valence-corrected chi connectivity index (χ1v) is 11.0. The molecule has 0 saturated carbocycles. The molecule has 1 aliphatic heterocycles. The van der Waals surface area contributed by atoms with Crippen molar-refractivity contribution in [1.29, 1.82) is 0 Å². The number of nitrogens with one attached hydrogen (secondary N) is 1. The maximum absolute atomic E-state index is 13.7. The van der Waals surface area contributed by atoms with Crippen LogP contribution in [0.25, 0.3) is 11.4 Å². The number of rotatable bonds is 7. The van der Waals surface area contributed by atoms with Crippen LogP contribution in [0.5, 0.6) is 0 Å². The zero-order valence-electron chi connectivity index (χ0n) is 15.6. The SMILES string of the molecule is Cc1ccc(-c2noc(CCCN3CCCC(NS(C)(=O)=O)C3)n2)cc1F. The molecule has 148 valence electrons. The van der Waals surface area contributed by atoms with Gasteiger partial charge in [-0.3, -0.25) is 0 Å². The molecule has 9 heteroatoms. The van der Waals surface area contributed by atoms with E-state index in [-0.39, 0.29) is 11.9 Å². The molecule has 1 atom stereocenters. The monoisotopic (exact) mass is 396 g/mol. The quantitative estimate of drug-likeness (QED) is 0.771. The maximum atomic E-state index is 13.7. The number of benzene rings is 1. The molecule has 1 aromatic carbocycles. The Bertz CT molecular complexity index is 884. The van der Waals surface area contributed by atoms with Crippen molar-refractivity contribution in [3.05, 3.63) is 35.5 Å². The van der Waals surface area contributed by atoms with Crippen LogP contribution in [-0.2, 0) is 16.4 Å². The third-order valence-corrected chi connectivity index (χ3v) is 5.41. The molecule has 2 aromatic rings. The van der Waals surface area contributed by atoms with Crippen molar-refractivity contribution in [2.75, 3.05) is 25.9 Å². The van der Waals surface area contributed by atoms with E-state index in [1.54, 1.807) is 19.1 Å². The van der Waals surface area contributed by atoms with Gasteiger partial charge in [0.15, 0.2) is 0 Å². The number of piperidine rings is 1. The van der Waals surface area contributed by atoms with Gasteiger partial charge in [-0.25, -0.2) is 17.5 Å². The molecule has 27 heavy (non-hydrogen) atoms. The van der Waals surface area contributed by atoms with Crippen LogP contribution in [0.4, 0.5) is 4.39 Å². The zero-order valence-corrected chi connectivity index (χ0v) is 16.4. The van der Waals surface area contributed by atoms with Crippen LogP contribution < -0.4 is 4.72 Å². The highest BCUT2D eigenvalue weighted by Gasteiger charge is 2.22. The van der Waals surface area contributed by atoms with Crippen LogP contribution in [0.2, 0.25) is 0 Å². The van der Waals surface area contributed by atoms with Gasteiger partial charge in [0.05, 0.1) is 6.26 Å². The molecule has 1 unspecified atom stereocenters. The van der Waals surface area contributed by atoms with Gasteiger partial charge in [-0.15, -0.1) is 0 Å². The summed E-state index contributed by atoms with van der Waals surface area (Å²) in [5, 5.41) is 3.93. The van der Waals surface area contributed by atoms with Gasteiger partial charge in [0.2, 0.25) is 21.7 Å². The van der Waals surface area contributed by atoms with E-state index in [1.807, 2.05) is 0 Å². The van der Waals surface area contributed by atoms with E-state index in [4.69, 9.17) is 4.52 Å². The number of likely N-dealkylation sites (tertiary alicyclic amines) is 1. The fraction of sp³-hybridized carbons (Fsp3) is 0.556. The summed E-state index contributed by atoms with van der Waals surface area (Å²) in [6, 6.07) is 4.85. The molecule has 0 aliphatic carbocycles. The smallest absolute Gasteiger partial charge is 0.227 e. The molecule has 3 rings (SSSR count). The molecule has 0 radical (unpaired) electrons. The summed E-state index contributed by atoms with van der Waals surface area (Å²) in [6.45, 7) is 4.21. The second-order valence-corrected chi connectivity index (χ2v) is 8.89. The summed E-state index contributed by atoms with van der Waals surface area (Å²) in [4.78, 5) is 6.59. The van der Waals surface area contributed by atoms with E-state index < -0.39 is 10.0 Å². The van der Waals surface area contributed by atoms with Crippen molar-refractivity contribution in [3.8, 4) is 11.4 Å². The number of sulfonamides is 1. The van der Waals surface area contributed by atoms with Crippen LogP contribution in [0, 0.1) is 12.7 Å². The van der Waals surface area contributed by atoms with Crippen LogP contribution >= 0.6 is 0 Å². The van der Waals surface area contributed by atoms with Crippen molar-refractivity contribution in [2.45, 2.75) is 38.6 Å². The summed E-state index contributed by atoms with van der Waals surface area (Å²) in [7, 11) is -3.18. The Hall–Kier alpha value is -1.84. The molecule has 1 N–H and O–H groups in total. The van der Waals surface area contributed by atoms with Gasteiger partial charge in [0.1, 0.15) is 5.82 Å². The third-order valence-electron chi connectivity index (χ3n) is 4.65. The number of aromatic nitrogens is 2. The predicted octanol–water partition coefficient (Wildman–Crippen LogP) is 2.13. The molecule has 1 aromatic heterocycles. The minimum Gasteiger partial charge on any atom is -0.339 e. The highest BCUT2D eigenvalue weighted by molar-refractivity contribution is 7.88. The van der Waals surface area contributed by atoms with Gasteiger partial charge in [0.25, 0.3) is 0 Å². The number of hydrogen-bond donors (Lipinski definition) is 1. The zero-order chi connectivity index (χ0) is 19.4. The van der Waals surface area contributed by atoms with E-state index in [0.29, 0.717) is 35.8 Å². The molecule has 7 nitrogen and oxygen atoms in total. The Morgan fingerprint density at radius 1 is 1.41 bits per heavy atom. The minimum atomic E-state index is -3.18. The maximum Gasteiger partial charge on any atom is 0.227 e. The molecule has 1 aliphatic rings. The average Bonchev–Trinajstić information content (AvgIpc) is 3.05. The summed E-state index contributed by atoms with van der Waals surface area (Å²) in [5.74, 6) is 0.620. The summed E-state index contributed by atoms with van der Waals surface area (Å²) >= 11 is 0. The second-order valence-electron chi connectivity index (χ2n) is 7.11. The number of hydrogen-bond acceptors (Lipinski definition) is 6. The summed E-state index contributed by atoms with van der Waals surface area (Å²) in [5.41, 5.74) is 1.17. The van der Waals surface area contributed by atoms with Crippen LogP contribution in [0.3, 0.4) is 0 Å². The van der Waals surface area contributed by atoms with E-state index in [2.05, 4.69) is 19.8 Å². The van der Waals surface area contributed by atoms with Gasteiger partial charge < -0.3 is 9.42 Å². The third kappa shape index (κ3) is 5.82. The van der Waals surface area contributed by atoms with Crippen LogP contribution in [0.15, 0.2) is 22.7 Å². The first kappa shape index (κ1) is 19.9. The van der Waals surface area contributed by atoms with Crippen molar-refractivity contribution < 1.29 is 17.3 Å². The van der Waals surface area contributed by atoms with Gasteiger partial charge in [0, 0.05) is 24.6 Å². The first-order chi connectivity index (χ1) is 12.8. The summed E-state index contributed by atoms with van der Waals surface area (Å²) in [6.07, 6.45) is 4.48. The largest absolute Gasteiger partial charge is 0.339 e. The fourth-order valence-electron chi connectivity index (χ4n) is 3.32. The molecular weight excluding hydrogens is 371 g/mol. The Kier molecular flexibility index (Phi) is 6.23. The lowest BCUT2D eigenvalue weighted by Crippen LogP contribution is -2.47. The Balaban J connectivity index is 1.49. The van der Waals surface area contributed by atoms with Crippen LogP contribution in [-0.4, -0.2) is 55.4 Å². The van der Waals surface area contributed by atoms with Crippen molar-refractivity contribution in [2.24, 2.45) is 0 Å². The number of aryl methyl sites for hydroxylation is 2. The molecule has 1 saturated heterocycles. The van der Waals surface area contributed by atoms with Gasteiger partial charge in [-0.05, 0) is 50.9 Å². The summed E-state index contributed by atoms with van der Waals surface area (Å²) < 4.78 is 44.4. The number of halogens is 1. The highest BCUT2D eigenvalue weighted by Crippen LogP contribution is 2.19. The molecule has 1 fully saturated rings. The molecule has 0 amide bonds. The van der Waals surface area contributed by atoms with Gasteiger partial charge >= 0.3 is 0 Å². The molecular formula is C18H25FN4O3S. The van der Waals surface area contributed by atoms with Gasteiger partial charge in [-0.1, -0.05) is 17.3 Å². The van der Waals surface area contributed by atoms with Gasteiger partial charge in [-0.2, -0.15) is 4.98 Å². The van der Waals surface area contributed by atoms with E-state index in [9.17, 15) is 12.8 Å². The minimum absolute atomic E-state index is 0.0276. The Labute approximate surface area is 159 Å². The normalized spacial score (nSPS) is 18.7. The standard InChI is InChI=1S/C18H25FN4O3S/c1-13-7-8-14(11-16(13)19)18-20-17(26-21-18)6-4-10-23-9-3-5-15(12-23)22-27(2,24)25/h7-8,11,15,22H,3-6,9-10,12H2,1-2H3. The molecule has 2 heterocycles. The second kappa shape index (κ2) is 8.45. The average molecular weight is 396 g/mol. The Morgan fingerprint density at radius 2 is 2.22 bits per heavy atom. The van der Waals surface area contributed by atoms with E-state index in [1.165, 1.54) is 12.3 Å². The lowest BCUT2D eigenvalue weighted by Gasteiger charge is -2.32. The molecule has 0 bridgehead atoms. The predicted molar refractivity (Wildman–Crippen MR) is 100 cm³/mol. The lowest BCUT2D eigenvalue weighted by molar-refractivity contribution is 0.198. The van der Waals surface area contributed by atoms with Crippen molar-refractivity contribution in [3.63, 3.8) is 0 Å². The molecule has 0 spiro atoms. The topological polar surface area (TPSA) is 88.3 Å². The van der Waals surface area contributed by atoms with Crippen molar-refractivity contribution >= 4 is 10.0 Å². The van der Waals surface area contributed by atoms with Crippen LogP contribution in [0.1, 0.15) is 30.7 Å². The van der Waals surface area contributed by atoms with E-state index in [0.717, 1.165) is 32.4 Å². The highest BCUT2D eigenvalue weighted by atomic mass is 32.2. The Morgan fingerprint density at radius 3 is 2.96 bits per heavy atom. The fourth-order valence-corrected chi connectivity index (χ4v) is 4.11. The number of nitrogens with zero attached hydrogens (tertiary/aromatic N) is 3. The van der Waals surface area contributed by atoms with E-state index >= 15 is 0 Å². The lowest BCUT2D eigenvalue weighted by atomic mass is 10.1.